The minimum absolute atomic E-state index is 0.0507. The summed E-state index contributed by atoms with van der Waals surface area (Å²) >= 11 is 0. The van der Waals surface area contributed by atoms with Crippen LogP contribution in [0.5, 0.6) is 5.75 Å². The van der Waals surface area contributed by atoms with Gasteiger partial charge in [0, 0.05) is 17.0 Å². The molecule has 3 N–H and O–H groups in total. The summed E-state index contributed by atoms with van der Waals surface area (Å²) in [6.45, 7) is 0.438. The maximum atomic E-state index is 14.2. The predicted octanol–water partition coefficient (Wildman–Crippen LogP) is 6.76. The van der Waals surface area contributed by atoms with Crippen molar-refractivity contribution >= 4 is 17.4 Å². The second-order valence-electron chi connectivity index (χ2n) is 9.38. The number of anilines is 2. The fraction of sp³-hybridized carbons (Fsp3) is 0.133. The van der Waals surface area contributed by atoms with Gasteiger partial charge in [-0.15, -0.1) is 10.2 Å². The lowest BCUT2D eigenvalue weighted by Gasteiger charge is -2.22. The number of H-pyrrole nitrogens is 1. The highest BCUT2D eigenvalue weighted by Crippen LogP contribution is 2.45. The average Bonchev–Trinajstić information content (AvgIpc) is 3.42. The van der Waals surface area contributed by atoms with E-state index in [1.165, 1.54) is 24.3 Å². The van der Waals surface area contributed by atoms with Crippen molar-refractivity contribution in [3.63, 3.8) is 0 Å². The van der Waals surface area contributed by atoms with Crippen LogP contribution in [0.4, 0.5) is 25.0 Å². The van der Waals surface area contributed by atoms with Crippen LogP contribution in [-0.2, 0) is 0 Å². The van der Waals surface area contributed by atoms with E-state index in [2.05, 4.69) is 31.3 Å². The van der Waals surface area contributed by atoms with E-state index >= 15 is 0 Å². The van der Waals surface area contributed by atoms with Crippen LogP contribution in [0, 0.1) is 11.6 Å². The number of urea groups is 1. The van der Waals surface area contributed by atoms with E-state index in [4.69, 9.17) is 4.74 Å². The van der Waals surface area contributed by atoms with Crippen LogP contribution >= 0.6 is 0 Å². The SMILES string of the molecule is O=C(Nc1ccccc1F)Nc1cc(-c2ccccc2-c2nn[nH]n2)cc2c1OCCCC2c1ccc(F)cc1. The van der Waals surface area contributed by atoms with Crippen molar-refractivity contribution in [2.24, 2.45) is 0 Å². The van der Waals surface area contributed by atoms with E-state index < -0.39 is 11.8 Å². The zero-order chi connectivity index (χ0) is 27.5. The Balaban J connectivity index is 1.48. The molecule has 1 aliphatic rings. The van der Waals surface area contributed by atoms with Gasteiger partial charge in [-0.2, -0.15) is 5.21 Å². The van der Waals surface area contributed by atoms with Gasteiger partial charge in [-0.25, -0.2) is 13.6 Å². The number of tetrazole rings is 1. The van der Waals surface area contributed by atoms with Gasteiger partial charge in [0.25, 0.3) is 0 Å². The normalized spacial score (nSPS) is 14.5. The molecule has 1 aliphatic heterocycles. The lowest BCUT2D eigenvalue weighted by Crippen LogP contribution is -2.21. The van der Waals surface area contributed by atoms with Gasteiger partial charge in [0.1, 0.15) is 17.4 Å². The molecule has 0 saturated heterocycles. The fourth-order valence-corrected chi connectivity index (χ4v) is 5.02. The van der Waals surface area contributed by atoms with E-state index in [0.29, 0.717) is 23.9 Å². The molecule has 2 heterocycles. The number of ether oxygens (including phenoxy) is 1. The second-order valence-corrected chi connectivity index (χ2v) is 9.38. The number of aromatic amines is 1. The van der Waals surface area contributed by atoms with Gasteiger partial charge in [0.2, 0.25) is 5.82 Å². The third-order valence-electron chi connectivity index (χ3n) is 6.84. The summed E-state index contributed by atoms with van der Waals surface area (Å²) in [4.78, 5) is 13.1. The zero-order valence-electron chi connectivity index (χ0n) is 21.2. The smallest absolute Gasteiger partial charge is 0.323 e. The molecule has 8 nitrogen and oxygen atoms in total. The molecule has 0 fully saturated rings. The molecule has 6 rings (SSSR count). The highest BCUT2D eigenvalue weighted by atomic mass is 19.1. The minimum Gasteiger partial charge on any atom is -0.491 e. The van der Waals surface area contributed by atoms with Gasteiger partial charge in [-0.1, -0.05) is 48.5 Å². The third kappa shape index (κ3) is 5.11. The molecule has 5 aromatic rings. The van der Waals surface area contributed by atoms with Crippen LogP contribution in [0.15, 0.2) is 84.9 Å². The molecule has 0 saturated carbocycles. The van der Waals surface area contributed by atoms with Gasteiger partial charge in [-0.05, 0) is 71.1 Å². The molecule has 1 aromatic heterocycles. The predicted molar refractivity (Wildman–Crippen MR) is 147 cm³/mol. The number of aromatic nitrogens is 4. The van der Waals surface area contributed by atoms with E-state index in [1.807, 2.05) is 36.4 Å². The first-order valence-electron chi connectivity index (χ1n) is 12.8. The molecule has 0 bridgehead atoms. The Bertz CT molecular complexity index is 1660. The molecule has 200 valence electrons. The number of amides is 2. The number of para-hydroxylation sites is 1. The molecule has 0 aliphatic carbocycles. The lowest BCUT2D eigenvalue weighted by atomic mass is 9.85. The topological polar surface area (TPSA) is 105 Å². The van der Waals surface area contributed by atoms with Crippen molar-refractivity contribution in [2.45, 2.75) is 18.8 Å². The first-order chi connectivity index (χ1) is 19.6. The van der Waals surface area contributed by atoms with Crippen molar-refractivity contribution in [3.8, 4) is 28.3 Å². The maximum absolute atomic E-state index is 14.2. The third-order valence-corrected chi connectivity index (χ3v) is 6.84. The Hall–Kier alpha value is -5.12. The first kappa shape index (κ1) is 25.2. The molecule has 0 spiro atoms. The Morgan fingerprint density at radius 1 is 0.900 bits per heavy atom. The first-order valence-corrected chi connectivity index (χ1v) is 12.8. The molecule has 2 amide bonds. The van der Waals surface area contributed by atoms with Gasteiger partial charge >= 0.3 is 6.03 Å². The van der Waals surface area contributed by atoms with E-state index in [-0.39, 0.29) is 17.4 Å². The number of carbonyl (C=O) groups excluding carboxylic acids is 1. The van der Waals surface area contributed by atoms with Crippen molar-refractivity contribution < 1.29 is 18.3 Å². The zero-order valence-corrected chi connectivity index (χ0v) is 21.2. The van der Waals surface area contributed by atoms with Gasteiger partial charge < -0.3 is 15.4 Å². The van der Waals surface area contributed by atoms with Gasteiger partial charge in [0.05, 0.1) is 18.0 Å². The number of benzene rings is 4. The highest BCUT2D eigenvalue weighted by molar-refractivity contribution is 6.01. The summed E-state index contributed by atoms with van der Waals surface area (Å²) in [6, 6.07) is 23.2. The van der Waals surface area contributed by atoms with Crippen molar-refractivity contribution in [3.05, 3.63) is 108 Å². The quantitative estimate of drug-likeness (QED) is 0.229. The molecule has 4 aromatic carbocycles. The number of nitrogens with one attached hydrogen (secondary N) is 3. The standard InChI is InChI=1S/C30H24F2N6O2/c31-20-13-11-18(12-14-20)21-8-5-15-40-28-24(21)16-19(22-6-1-2-7-23(22)29-35-37-38-36-29)17-27(28)34-30(39)33-26-10-4-3-9-25(26)32/h1-4,6-7,9-14,16-17,21H,5,8,15H2,(H2,33,34,39)(H,35,36,37,38). The van der Waals surface area contributed by atoms with Crippen molar-refractivity contribution in [1.82, 2.24) is 20.6 Å². The number of carbonyl (C=O) groups is 1. The molecule has 1 atom stereocenters. The van der Waals surface area contributed by atoms with Crippen LogP contribution < -0.4 is 15.4 Å². The van der Waals surface area contributed by atoms with Crippen LogP contribution in [0.1, 0.15) is 29.9 Å². The Labute approximate surface area is 228 Å². The minimum atomic E-state index is -0.623. The molecular formula is C30H24F2N6O2. The second kappa shape index (κ2) is 10.9. The van der Waals surface area contributed by atoms with Crippen molar-refractivity contribution in [1.29, 1.82) is 0 Å². The number of hydrogen-bond acceptors (Lipinski definition) is 5. The molecular weight excluding hydrogens is 514 g/mol. The number of nitrogens with zero attached hydrogens (tertiary/aromatic N) is 3. The largest absolute Gasteiger partial charge is 0.491 e. The average molecular weight is 539 g/mol. The molecule has 40 heavy (non-hydrogen) atoms. The summed E-state index contributed by atoms with van der Waals surface area (Å²) in [6.07, 6.45) is 1.52. The highest BCUT2D eigenvalue weighted by Gasteiger charge is 2.27. The summed E-state index contributed by atoms with van der Waals surface area (Å²) in [5.74, 6) is -0.0544. The van der Waals surface area contributed by atoms with Crippen LogP contribution in [0.2, 0.25) is 0 Å². The monoisotopic (exact) mass is 538 g/mol. The van der Waals surface area contributed by atoms with E-state index in [0.717, 1.165) is 40.7 Å². The summed E-state index contributed by atoms with van der Waals surface area (Å²) in [7, 11) is 0. The Kier molecular flexibility index (Phi) is 6.88. The fourth-order valence-electron chi connectivity index (χ4n) is 5.02. The van der Waals surface area contributed by atoms with Gasteiger partial charge in [-0.3, -0.25) is 0 Å². The molecule has 0 radical (unpaired) electrons. The summed E-state index contributed by atoms with van der Waals surface area (Å²) < 4.78 is 34.2. The number of halogens is 2. The molecule has 1 unspecified atom stereocenters. The van der Waals surface area contributed by atoms with Crippen LogP contribution in [0.25, 0.3) is 22.5 Å². The summed E-state index contributed by atoms with van der Waals surface area (Å²) in [5.41, 5.74) is 4.56. The number of rotatable bonds is 5. The number of hydrogen-bond donors (Lipinski definition) is 3. The number of fused-ring (bicyclic) bond motifs is 1. The van der Waals surface area contributed by atoms with Crippen molar-refractivity contribution in [2.75, 3.05) is 17.2 Å². The Morgan fingerprint density at radius 3 is 2.42 bits per heavy atom. The van der Waals surface area contributed by atoms with E-state index in [1.54, 1.807) is 24.3 Å². The van der Waals surface area contributed by atoms with Gasteiger partial charge in [0.15, 0.2) is 0 Å². The molecule has 10 heteroatoms. The Morgan fingerprint density at radius 2 is 1.65 bits per heavy atom. The van der Waals surface area contributed by atoms with E-state index in [9.17, 15) is 13.6 Å². The van der Waals surface area contributed by atoms with Crippen LogP contribution in [0.3, 0.4) is 0 Å². The lowest BCUT2D eigenvalue weighted by molar-refractivity contribution is 0.261. The van der Waals surface area contributed by atoms with Crippen LogP contribution in [-0.4, -0.2) is 33.3 Å². The summed E-state index contributed by atoms with van der Waals surface area (Å²) in [5, 5.41) is 19.9. The maximum Gasteiger partial charge on any atom is 0.323 e.